The predicted octanol–water partition coefficient (Wildman–Crippen LogP) is 3.68. The Morgan fingerprint density at radius 2 is 1.39 bits per heavy atom. The Labute approximate surface area is 167 Å². The fourth-order valence-electron chi connectivity index (χ4n) is 6.61. The van der Waals surface area contributed by atoms with E-state index in [1.54, 1.807) is 4.90 Å². The van der Waals surface area contributed by atoms with Gasteiger partial charge in [0.2, 0.25) is 5.91 Å². The SMILES string of the molecule is O=C(OCc1ccccc1)N1CCN(C(=O)C23CC4CC(CC(C4)C2)C3)CC1. The van der Waals surface area contributed by atoms with Crippen LogP contribution in [-0.2, 0) is 16.1 Å². The second-order valence-corrected chi connectivity index (χ2v) is 9.52. The Bertz CT molecular complexity index is 704. The van der Waals surface area contributed by atoms with E-state index in [0.29, 0.717) is 38.7 Å². The van der Waals surface area contributed by atoms with E-state index in [2.05, 4.69) is 0 Å². The standard InChI is InChI=1S/C23H30N2O3/c26-21(23-13-18-10-19(14-23)12-20(11-18)15-23)24-6-8-25(9-7-24)22(27)28-16-17-4-2-1-3-5-17/h1-5,18-20H,6-16H2. The number of piperazine rings is 1. The molecule has 1 aromatic rings. The minimum atomic E-state index is -0.272. The lowest BCUT2D eigenvalue weighted by Crippen LogP contribution is -2.58. The Balaban J connectivity index is 1.15. The molecule has 150 valence electrons. The zero-order chi connectivity index (χ0) is 19.1. The fourth-order valence-corrected chi connectivity index (χ4v) is 6.61. The molecule has 6 rings (SSSR count). The van der Waals surface area contributed by atoms with Crippen LogP contribution in [0.15, 0.2) is 30.3 Å². The molecule has 0 N–H and O–H groups in total. The van der Waals surface area contributed by atoms with E-state index in [4.69, 9.17) is 4.74 Å². The average molecular weight is 383 g/mol. The molecule has 5 heteroatoms. The van der Waals surface area contributed by atoms with Crippen LogP contribution in [-0.4, -0.2) is 48.0 Å². The summed E-state index contributed by atoms with van der Waals surface area (Å²) in [5.41, 5.74) is 0.913. The molecule has 28 heavy (non-hydrogen) atoms. The third-order valence-electron chi connectivity index (χ3n) is 7.52. The van der Waals surface area contributed by atoms with E-state index in [9.17, 15) is 9.59 Å². The lowest BCUT2D eigenvalue weighted by molar-refractivity contribution is -0.159. The number of carbonyl (C=O) groups is 2. The first-order valence-electron chi connectivity index (χ1n) is 10.9. The van der Waals surface area contributed by atoms with Crippen molar-refractivity contribution in [1.29, 1.82) is 0 Å². The fraction of sp³-hybridized carbons (Fsp3) is 0.652. The molecule has 5 fully saturated rings. The minimum Gasteiger partial charge on any atom is -0.445 e. The maximum atomic E-state index is 13.4. The second kappa shape index (κ2) is 7.09. The van der Waals surface area contributed by atoms with Crippen LogP contribution < -0.4 is 0 Å². The van der Waals surface area contributed by atoms with Gasteiger partial charge in [-0.1, -0.05) is 30.3 Å². The zero-order valence-electron chi connectivity index (χ0n) is 16.5. The summed E-state index contributed by atoms with van der Waals surface area (Å²) >= 11 is 0. The average Bonchev–Trinajstić information content (AvgIpc) is 2.71. The zero-order valence-corrected chi connectivity index (χ0v) is 16.5. The largest absolute Gasteiger partial charge is 0.445 e. The molecule has 1 saturated heterocycles. The second-order valence-electron chi connectivity index (χ2n) is 9.52. The topological polar surface area (TPSA) is 49.9 Å². The normalized spacial score (nSPS) is 33.8. The number of hydrogen-bond acceptors (Lipinski definition) is 3. The van der Waals surface area contributed by atoms with Gasteiger partial charge in [-0.25, -0.2) is 4.79 Å². The van der Waals surface area contributed by atoms with Gasteiger partial charge in [0.05, 0.1) is 5.41 Å². The monoisotopic (exact) mass is 382 g/mol. The Kier molecular flexibility index (Phi) is 4.56. The van der Waals surface area contributed by atoms with Crippen molar-refractivity contribution < 1.29 is 14.3 Å². The van der Waals surface area contributed by atoms with Crippen molar-refractivity contribution in [3.8, 4) is 0 Å². The van der Waals surface area contributed by atoms with Crippen LogP contribution in [0.1, 0.15) is 44.1 Å². The summed E-state index contributed by atoms with van der Waals surface area (Å²) < 4.78 is 5.45. The maximum absolute atomic E-state index is 13.4. The van der Waals surface area contributed by atoms with Crippen molar-refractivity contribution in [2.45, 2.75) is 45.1 Å². The molecule has 5 aliphatic rings. The molecule has 5 nitrogen and oxygen atoms in total. The lowest BCUT2D eigenvalue weighted by atomic mass is 9.49. The molecule has 1 aliphatic heterocycles. The number of carbonyl (C=O) groups excluding carboxylic acids is 2. The maximum Gasteiger partial charge on any atom is 0.410 e. The van der Waals surface area contributed by atoms with E-state index in [0.717, 1.165) is 42.6 Å². The molecule has 2 amide bonds. The van der Waals surface area contributed by atoms with E-state index in [1.807, 2.05) is 35.2 Å². The van der Waals surface area contributed by atoms with Crippen molar-refractivity contribution in [2.24, 2.45) is 23.2 Å². The number of amides is 2. The summed E-state index contributed by atoms with van der Waals surface area (Å²) in [6, 6.07) is 9.74. The molecule has 0 spiro atoms. The third kappa shape index (κ3) is 3.29. The Hall–Kier alpha value is -2.04. The van der Waals surface area contributed by atoms with E-state index in [-0.39, 0.29) is 11.5 Å². The minimum absolute atomic E-state index is 0.0786. The van der Waals surface area contributed by atoms with Crippen molar-refractivity contribution in [1.82, 2.24) is 9.80 Å². The van der Waals surface area contributed by atoms with Gasteiger partial charge in [0.1, 0.15) is 6.61 Å². The summed E-state index contributed by atoms with van der Waals surface area (Å²) in [5, 5.41) is 0. The lowest BCUT2D eigenvalue weighted by Gasteiger charge is -2.57. The van der Waals surface area contributed by atoms with Crippen molar-refractivity contribution in [3.63, 3.8) is 0 Å². The van der Waals surface area contributed by atoms with Crippen LogP contribution in [0.3, 0.4) is 0 Å². The highest BCUT2D eigenvalue weighted by Crippen LogP contribution is 2.60. The smallest absolute Gasteiger partial charge is 0.410 e. The van der Waals surface area contributed by atoms with E-state index >= 15 is 0 Å². The molecule has 0 radical (unpaired) electrons. The summed E-state index contributed by atoms with van der Waals surface area (Å²) in [7, 11) is 0. The molecule has 4 saturated carbocycles. The number of nitrogens with zero attached hydrogens (tertiary/aromatic N) is 2. The molecular formula is C23H30N2O3. The first kappa shape index (κ1) is 18.0. The molecule has 0 unspecified atom stereocenters. The molecule has 1 heterocycles. The van der Waals surface area contributed by atoms with Gasteiger partial charge in [-0.15, -0.1) is 0 Å². The van der Waals surface area contributed by atoms with Gasteiger partial charge in [0.25, 0.3) is 0 Å². The Morgan fingerprint density at radius 3 is 1.96 bits per heavy atom. The highest BCUT2D eigenvalue weighted by Gasteiger charge is 2.55. The summed E-state index contributed by atoms with van der Waals surface area (Å²) in [5.74, 6) is 2.72. The number of ether oxygens (including phenoxy) is 1. The number of rotatable bonds is 3. The Morgan fingerprint density at radius 1 is 0.857 bits per heavy atom. The number of hydrogen-bond donors (Lipinski definition) is 0. The predicted molar refractivity (Wildman–Crippen MR) is 105 cm³/mol. The van der Waals surface area contributed by atoms with Gasteiger partial charge in [-0.2, -0.15) is 0 Å². The van der Waals surface area contributed by atoms with E-state index in [1.165, 1.54) is 19.3 Å². The summed E-state index contributed by atoms with van der Waals surface area (Å²) in [6.45, 7) is 2.73. The van der Waals surface area contributed by atoms with Gasteiger partial charge in [-0.05, 0) is 61.8 Å². The molecule has 4 aliphatic carbocycles. The van der Waals surface area contributed by atoms with Crippen LogP contribution in [0.4, 0.5) is 4.79 Å². The summed E-state index contributed by atoms with van der Waals surface area (Å²) in [4.78, 5) is 29.6. The molecule has 0 atom stereocenters. The van der Waals surface area contributed by atoms with Gasteiger partial charge in [-0.3, -0.25) is 4.79 Å². The first-order valence-corrected chi connectivity index (χ1v) is 10.9. The van der Waals surface area contributed by atoms with E-state index < -0.39 is 0 Å². The molecule has 4 bridgehead atoms. The third-order valence-corrected chi connectivity index (χ3v) is 7.52. The van der Waals surface area contributed by atoms with Gasteiger partial charge >= 0.3 is 6.09 Å². The van der Waals surface area contributed by atoms with Crippen LogP contribution >= 0.6 is 0 Å². The van der Waals surface area contributed by atoms with Crippen LogP contribution in [0.2, 0.25) is 0 Å². The molecule has 1 aromatic carbocycles. The van der Waals surface area contributed by atoms with Crippen molar-refractivity contribution in [2.75, 3.05) is 26.2 Å². The highest BCUT2D eigenvalue weighted by atomic mass is 16.6. The van der Waals surface area contributed by atoms with Gasteiger partial charge < -0.3 is 14.5 Å². The molecular weight excluding hydrogens is 352 g/mol. The van der Waals surface area contributed by atoms with Crippen molar-refractivity contribution in [3.05, 3.63) is 35.9 Å². The van der Waals surface area contributed by atoms with Gasteiger partial charge in [0, 0.05) is 26.2 Å². The summed E-state index contributed by atoms with van der Waals surface area (Å²) in [6.07, 6.45) is 7.12. The van der Waals surface area contributed by atoms with Crippen LogP contribution in [0.25, 0.3) is 0 Å². The number of benzene rings is 1. The van der Waals surface area contributed by atoms with Crippen LogP contribution in [0, 0.1) is 23.2 Å². The van der Waals surface area contributed by atoms with Crippen molar-refractivity contribution >= 4 is 12.0 Å². The van der Waals surface area contributed by atoms with Gasteiger partial charge in [0.15, 0.2) is 0 Å². The first-order chi connectivity index (χ1) is 13.6. The van der Waals surface area contributed by atoms with Crippen LogP contribution in [0.5, 0.6) is 0 Å². The quantitative estimate of drug-likeness (QED) is 0.801. The highest BCUT2D eigenvalue weighted by molar-refractivity contribution is 5.83. The molecule has 0 aromatic heterocycles.